The van der Waals surface area contributed by atoms with Crippen LogP contribution in [0, 0.1) is 6.92 Å². The Hall–Kier alpha value is -2.45. The second-order valence-electron chi connectivity index (χ2n) is 7.26. The minimum absolute atomic E-state index is 0.0157. The van der Waals surface area contributed by atoms with E-state index in [9.17, 15) is 18.0 Å². The third-order valence-electron chi connectivity index (χ3n) is 5.18. The largest absolute Gasteiger partial charge is 0.352 e. The van der Waals surface area contributed by atoms with Crippen molar-refractivity contribution in [1.82, 2.24) is 14.2 Å². The molecule has 1 aromatic carbocycles. The molecule has 8 heteroatoms. The van der Waals surface area contributed by atoms with Crippen molar-refractivity contribution in [3.63, 3.8) is 0 Å². The molecule has 1 N–H and O–H groups in total. The van der Waals surface area contributed by atoms with Crippen LogP contribution >= 0.6 is 0 Å². The van der Waals surface area contributed by atoms with E-state index in [1.54, 1.807) is 28.8 Å². The fourth-order valence-corrected chi connectivity index (χ4v) is 4.98. The topological polar surface area (TPSA) is 88.5 Å². The highest BCUT2D eigenvalue weighted by atomic mass is 32.2. The van der Waals surface area contributed by atoms with Crippen LogP contribution in [0.2, 0.25) is 0 Å². The summed E-state index contributed by atoms with van der Waals surface area (Å²) in [6.07, 6.45) is 3.29. The minimum atomic E-state index is -3.47. The van der Waals surface area contributed by atoms with Gasteiger partial charge in [-0.3, -0.25) is 9.59 Å². The quantitative estimate of drug-likeness (QED) is 0.667. The van der Waals surface area contributed by atoms with Gasteiger partial charge in [0.15, 0.2) is 0 Å². The first-order chi connectivity index (χ1) is 13.9. The van der Waals surface area contributed by atoms with Gasteiger partial charge in [0.1, 0.15) is 0 Å². The maximum absolute atomic E-state index is 12.5. The van der Waals surface area contributed by atoms with Crippen LogP contribution in [0.15, 0.2) is 52.2 Å². The van der Waals surface area contributed by atoms with Gasteiger partial charge in [-0.05, 0) is 62.9 Å². The Kier molecular flexibility index (Phi) is 6.87. The third kappa shape index (κ3) is 5.13. The van der Waals surface area contributed by atoms with Crippen LogP contribution < -0.4 is 10.9 Å². The van der Waals surface area contributed by atoms with Crippen LogP contribution in [0.3, 0.4) is 0 Å². The molecular weight excluding hydrogens is 390 g/mol. The minimum Gasteiger partial charge on any atom is -0.352 e. The van der Waals surface area contributed by atoms with Crippen molar-refractivity contribution < 1.29 is 13.2 Å². The summed E-state index contributed by atoms with van der Waals surface area (Å²) < 4.78 is 28.3. The predicted molar refractivity (Wildman–Crippen MR) is 111 cm³/mol. The van der Waals surface area contributed by atoms with Crippen molar-refractivity contribution in [3.8, 4) is 0 Å². The van der Waals surface area contributed by atoms with Gasteiger partial charge in [-0.25, -0.2) is 8.42 Å². The van der Waals surface area contributed by atoms with Crippen molar-refractivity contribution in [2.75, 3.05) is 19.6 Å². The van der Waals surface area contributed by atoms with E-state index in [0.29, 0.717) is 31.7 Å². The number of hydrogen-bond acceptors (Lipinski definition) is 4. The molecule has 0 spiro atoms. The standard InChI is InChI=1S/C21H27N3O4S/c1-17-7-6-8-20(25)24(17)16-3-2-13-22-21(26)18-9-11-19(12-10-18)29(27,28)23-14-4-5-15-23/h6-12H,2-5,13-16H2,1H3,(H,22,26). The number of rotatable bonds is 8. The summed E-state index contributed by atoms with van der Waals surface area (Å²) in [5.41, 5.74) is 1.34. The summed E-state index contributed by atoms with van der Waals surface area (Å²) >= 11 is 0. The number of hydrogen-bond donors (Lipinski definition) is 1. The van der Waals surface area contributed by atoms with Crippen LogP contribution in [-0.2, 0) is 16.6 Å². The van der Waals surface area contributed by atoms with Crippen LogP contribution in [0.1, 0.15) is 41.7 Å². The number of carbonyl (C=O) groups is 1. The summed E-state index contributed by atoms with van der Waals surface area (Å²) in [5.74, 6) is -0.233. The highest BCUT2D eigenvalue weighted by Crippen LogP contribution is 2.21. The molecule has 1 aromatic heterocycles. The zero-order chi connectivity index (χ0) is 20.9. The molecule has 156 valence electrons. The molecular formula is C21H27N3O4S. The van der Waals surface area contributed by atoms with Crippen molar-refractivity contribution in [2.24, 2.45) is 0 Å². The Labute approximate surface area is 171 Å². The number of unbranched alkanes of at least 4 members (excludes halogenated alkanes) is 1. The highest BCUT2D eigenvalue weighted by molar-refractivity contribution is 7.89. The number of pyridine rings is 1. The summed E-state index contributed by atoms with van der Waals surface area (Å²) in [5, 5.41) is 2.84. The van der Waals surface area contributed by atoms with E-state index in [1.807, 2.05) is 13.0 Å². The first kappa shape index (κ1) is 21.3. The van der Waals surface area contributed by atoms with Crippen LogP contribution in [0.4, 0.5) is 0 Å². The van der Waals surface area contributed by atoms with E-state index in [1.165, 1.54) is 16.4 Å². The van der Waals surface area contributed by atoms with E-state index >= 15 is 0 Å². The number of aromatic nitrogens is 1. The Balaban J connectivity index is 1.48. The fourth-order valence-electron chi connectivity index (χ4n) is 3.46. The first-order valence-electron chi connectivity index (χ1n) is 9.94. The van der Waals surface area contributed by atoms with Gasteiger partial charge in [-0.15, -0.1) is 0 Å². The zero-order valence-corrected chi connectivity index (χ0v) is 17.5. The lowest BCUT2D eigenvalue weighted by atomic mass is 10.2. The molecule has 7 nitrogen and oxygen atoms in total. The Bertz CT molecular complexity index is 1010. The molecule has 1 aliphatic heterocycles. The third-order valence-corrected chi connectivity index (χ3v) is 7.09. The van der Waals surface area contributed by atoms with Gasteiger partial charge in [0.25, 0.3) is 11.5 Å². The molecule has 1 saturated heterocycles. The maximum Gasteiger partial charge on any atom is 0.251 e. The van der Waals surface area contributed by atoms with Crippen molar-refractivity contribution in [2.45, 2.75) is 44.0 Å². The van der Waals surface area contributed by atoms with E-state index in [-0.39, 0.29) is 16.4 Å². The van der Waals surface area contributed by atoms with E-state index < -0.39 is 10.0 Å². The lowest BCUT2D eigenvalue weighted by molar-refractivity contribution is 0.0952. The zero-order valence-electron chi connectivity index (χ0n) is 16.6. The molecule has 3 rings (SSSR count). The number of sulfonamides is 1. The molecule has 0 unspecified atom stereocenters. The predicted octanol–water partition coefficient (Wildman–Crippen LogP) is 2.15. The van der Waals surface area contributed by atoms with Crippen LogP contribution in [0.25, 0.3) is 0 Å². The average molecular weight is 418 g/mol. The molecule has 0 atom stereocenters. The fraction of sp³-hybridized carbons (Fsp3) is 0.429. The number of aryl methyl sites for hydroxylation is 1. The van der Waals surface area contributed by atoms with E-state index in [0.717, 1.165) is 31.4 Å². The molecule has 1 amide bonds. The van der Waals surface area contributed by atoms with Crippen molar-refractivity contribution in [1.29, 1.82) is 0 Å². The second-order valence-corrected chi connectivity index (χ2v) is 9.19. The molecule has 0 aliphatic carbocycles. The van der Waals surface area contributed by atoms with Crippen LogP contribution in [0.5, 0.6) is 0 Å². The van der Waals surface area contributed by atoms with Gasteiger partial charge < -0.3 is 9.88 Å². The number of benzene rings is 1. The number of amides is 1. The SMILES string of the molecule is Cc1cccc(=O)n1CCCCNC(=O)c1ccc(S(=O)(=O)N2CCCC2)cc1. The average Bonchev–Trinajstić information content (AvgIpc) is 3.25. The molecule has 2 aromatic rings. The van der Waals surface area contributed by atoms with Crippen LogP contribution in [-0.4, -0.2) is 42.8 Å². The van der Waals surface area contributed by atoms with E-state index in [4.69, 9.17) is 0 Å². The molecule has 0 radical (unpaired) electrons. The van der Waals surface area contributed by atoms with E-state index in [2.05, 4.69) is 5.32 Å². The molecule has 29 heavy (non-hydrogen) atoms. The summed E-state index contributed by atoms with van der Waals surface area (Å²) in [7, 11) is -3.47. The number of carbonyl (C=O) groups excluding carboxylic acids is 1. The normalized spacial score (nSPS) is 14.8. The Morgan fingerprint density at radius 2 is 1.72 bits per heavy atom. The maximum atomic E-state index is 12.5. The first-order valence-corrected chi connectivity index (χ1v) is 11.4. The molecule has 0 bridgehead atoms. The number of nitrogens with zero attached hydrogens (tertiary/aromatic N) is 2. The van der Waals surface area contributed by atoms with Gasteiger partial charge in [-0.1, -0.05) is 6.07 Å². The van der Waals surface area contributed by atoms with Gasteiger partial charge >= 0.3 is 0 Å². The molecule has 0 saturated carbocycles. The molecule has 1 fully saturated rings. The van der Waals surface area contributed by atoms with Gasteiger partial charge in [0.2, 0.25) is 10.0 Å². The lowest BCUT2D eigenvalue weighted by Crippen LogP contribution is -2.28. The van der Waals surface area contributed by atoms with Gasteiger partial charge in [0.05, 0.1) is 4.90 Å². The monoisotopic (exact) mass is 417 g/mol. The van der Waals surface area contributed by atoms with Gasteiger partial charge in [-0.2, -0.15) is 4.31 Å². The smallest absolute Gasteiger partial charge is 0.251 e. The Morgan fingerprint density at radius 3 is 2.38 bits per heavy atom. The lowest BCUT2D eigenvalue weighted by Gasteiger charge is -2.15. The number of nitrogens with one attached hydrogen (secondary N) is 1. The summed E-state index contributed by atoms with van der Waals surface area (Å²) in [6, 6.07) is 11.3. The summed E-state index contributed by atoms with van der Waals surface area (Å²) in [6.45, 7) is 4.12. The summed E-state index contributed by atoms with van der Waals surface area (Å²) in [4.78, 5) is 24.3. The molecule has 1 aliphatic rings. The van der Waals surface area contributed by atoms with Crippen molar-refractivity contribution in [3.05, 3.63) is 64.1 Å². The van der Waals surface area contributed by atoms with Crippen molar-refractivity contribution >= 4 is 15.9 Å². The van der Waals surface area contributed by atoms with Gasteiger partial charge in [0, 0.05) is 43.5 Å². The second kappa shape index (κ2) is 9.37. The highest BCUT2D eigenvalue weighted by Gasteiger charge is 2.27. The molecule has 2 heterocycles. The Morgan fingerprint density at radius 1 is 1.03 bits per heavy atom.